The maximum Gasteiger partial charge on any atom is 0.276 e. The van der Waals surface area contributed by atoms with Crippen molar-refractivity contribution in [1.82, 2.24) is 10.3 Å². The Labute approximate surface area is 195 Å². The molecule has 2 heterocycles. The van der Waals surface area contributed by atoms with Gasteiger partial charge < -0.3 is 0 Å². The second-order valence-corrected chi connectivity index (χ2v) is 9.46. The predicted octanol–water partition coefficient (Wildman–Crippen LogP) is 3.79. The van der Waals surface area contributed by atoms with E-state index in [4.69, 9.17) is 10.1 Å². The molecule has 0 spiro atoms. The summed E-state index contributed by atoms with van der Waals surface area (Å²) in [6, 6.07) is 24.4. The molecule has 2 aliphatic heterocycles. The number of para-hydroxylation sites is 1. The highest BCUT2D eigenvalue weighted by molar-refractivity contribution is 8.13. The molecule has 0 aliphatic carbocycles. The standard InChI is InChI=1S/C25H22N4OS2/c1-16-7-9-17(10-8-16)15-32-25-27-24(30)22-20-5-3-4-6-21(20)26-23(29(22)28-25)18-11-13-19(31-2)14-12-18/h3-14,23H,15H2,1-2H3,(H,27,28,30)/t23-/m1/s1. The first kappa shape index (κ1) is 20.8. The number of hydrazone groups is 1. The fourth-order valence-corrected chi connectivity index (χ4v) is 4.94. The van der Waals surface area contributed by atoms with Crippen LogP contribution in [-0.4, -0.2) is 22.3 Å². The van der Waals surface area contributed by atoms with Crippen LogP contribution in [0.15, 0.2) is 87.8 Å². The van der Waals surface area contributed by atoms with Crippen molar-refractivity contribution in [2.75, 3.05) is 6.26 Å². The minimum atomic E-state index is -0.392. The Hall–Kier alpha value is -3.03. The zero-order valence-corrected chi connectivity index (χ0v) is 19.4. The summed E-state index contributed by atoms with van der Waals surface area (Å²) < 4.78 is 0. The topological polar surface area (TPSA) is 57.1 Å². The van der Waals surface area contributed by atoms with Gasteiger partial charge in [0.15, 0.2) is 11.3 Å². The largest absolute Gasteiger partial charge is 0.298 e. The number of thioether (sulfide) groups is 2. The van der Waals surface area contributed by atoms with E-state index in [9.17, 15) is 4.79 Å². The third-order valence-electron chi connectivity index (χ3n) is 5.43. The number of amidine groups is 1. The summed E-state index contributed by atoms with van der Waals surface area (Å²) in [4.78, 5) is 19.3. The summed E-state index contributed by atoms with van der Waals surface area (Å²) in [7, 11) is 0. The average Bonchev–Trinajstić information content (AvgIpc) is 2.83. The van der Waals surface area contributed by atoms with Crippen LogP contribution in [0.25, 0.3) is 5.70 Å². The third-order valence-corrected chi connectivity index (χ3v) is 7.10. The smallest absolute Gasteiger partial charge is 0.276 e. The lowest BCUT2D eigenvalue weighted by atomic mass is 10.1. The molecule has 0 unspecified atom stereocenters. The van der Waals surface area contributed by atoms with Gasteiger partial charge in [-0.15, -0.1) is 16.9 Å². The zero-order valence-electron chi connectivity index (χ0n) is 17.8. The molecule has 160 valence electrons. The van der Waals surface area contributed by atoms with Crippen LogP contribution < -0.4 is 15.9 Å². The molecular formula is C25H22N4OS2. The molecule has 1 N–H and O–H groups in total. The lowest BCUT2D eigenvalue weighted by molar-refractivity contribution is -0.116. The Bertz CT molecular complexity index is 1320. The van der Waals surface area contributed by atoms with Gasteiger partial charge in [0, 0.05) is 15.9 Å². The lowest BCUT2D eigenvalue weighted by Gasteiger charge is -2.34. The first-order valence-corrected chi connectivity index (χ1v) is 12.5. The van der Waals surface area contributed by atoms with Crippen LogP contribution in [0.4, 0.5) is 0 Å². The van der Waals surface area contributed by atoms with Crippen LogP contribution in [0.2, 0.25) is 0 Å². The second-order valence-electron chi connectivity index (χ2n) is 7.62. The minimum Gasteiger partial charge on any atom is -0.298 e. The highest BCUT2D eigenvalue weighted by atomic mass is 32.2. The summed E-state index contributed by atoms with van der Waals surface area (Å²) in [5.41, 5.74) is 3.95. The van der Waals surface area contributed by atoms with Gasteiger partial charge in [0.2, 0.25) is 0 Å². The number of hydrogen-bond acceptors (Lipinski definition) is 6. The van der Waals surface area contributed by atoms with Crippen LogP contribution in [0, 0.1) is 6.92 Å². The van der Waals surface area contributed by atoms with Crippen LogP contribution in [0.3, 0.4) is 0 Å². The van der Waals surface area contributed by atoms with Gasteiger partial charge in [-0.1, -0.05) is 71.9 Å². The first-order valence-electron chi connectivity index (χ1n) is 10.3. The molecule has 0 aromatic heterocycles. The van der Waals surface area contributed by atoms with Crippen molar-refractivity contribution >= 4 is 40.3 Å². The molecule has 3 aromatic carbocycles. The molecule has 5 nitrogen and oxygen atoms in total. The van der Waals surface area contributed by atoms with E-state index in [2.05, 4.69) is 67.0 Å². The quantitative estimate of drug-likeness (QED) is 0.605. The number of hydrogen-bond donors (Lipinski definition) is 1. The van der Waals surface area contributed by atoms with Crippen molar-refractivity contribution in [3.05, 3.63) is 100 Å². The Kier molecular flexibility index (Phi) is 5.76. The molecule has 1 amide bonds. The van der Waals surface area contributed by atoms with E-state index in [1.54, 1.807) is 16.8 Å². The number of nitrogens with one attached hydrogen (secondary N) is 1. The van der Waals surface area contributed by atoms with Gasteiger partial charge in [0.25, 0.3) is 5.91 Å². The molecule has 0 fully saturated rings. The van der Waals surface area contributed by atoms with Gasteiger partial charge in [0.05, 0.1) is 5.36 Å². The maximum atomic E-state index is 13.2. The SMILES string of the molecule is CSc1ccc([C@@H]2N=c3ccccc3=C3C(=O)NC(SCc4ccc(C)cc4)=NN32)cc1. The van der Waals surface area contributed by atoms with E-state index in [0.29, 0.717) is 10.9 Å². The van der Waals surface area contributed by atoms with Gasteiger partial charge >= 0.3 is 0 Å². The monoisotopic (exact) mass is 458 g/mol. The van der Waals surface area contributed by atoms with Crippen molar-refractivity contribution < 1.29 is 4.79 Å². The second kappa shape index (κ2) is 8.84. The average molecular weight is 459 g/mol. The number of nitrogens with zero attached hydrogens (tertiary/aromatic N) is 3. The molecule has 1 atom stereocenters. The third kappa shape index (κ3) is 4.06. The fraction of sp³-hybridized carbons (Fsp3) is 0.160. The van der Waals surface area contributed by atoms with Crippen molar-refractivity contribution in [3.8, 4) is 0 Å². The Morgan fingerprint density at radius 1 is 1.00 bits per heavy atom. The van der Waals surface area contributed by atoms with Gasteiger partial charge in [0.1, 0.15) is 5.70 Å². The highest BCUT2D eigenvalue weighted by Gasteiger charge is 2.34. The molecule has 0 saturated heterocycles. The Morgan fingerprint density at radius 2 is 1.75 bits per heavy atom. The number of aryl methyl sites for hydroxylation is 1. The van der Waals surface area contributed by atoms with Crippen LogP contribution in [0.5, 0.6) is 0 Å². The van der Waals surface area contributed by atoms with Crippen LogP contribution in [-0.2, 0) is 10.5 Å². The summed E-state index contributed by atoms with van der Waals surface area (Å²) in [5, 5.41) is 11.8. The van der Waals surface area contributed by atoms with Gasteiger partial charge in [-0.05, 0) is 42.5 Å². The molecule has 3 aromatic rings. The van der Waals surface area contributed by atoms with E-state index in [-0.39, 0.29) is 5.91 Å². The molecule has 7 heteroatoms. The number of carbonyl (C=O) groups is 1. The zero-order chi connectivity index (χ0) is 22.1. The van der Waals surface area contributed by atoms with Gasteiger partial charge in [-0.3, -0.25) is 15.1 Å². The van der Waals surface area contributed by atoms with E-state index in [1.165, 1.54) is 27.8 Å². The van der Waals surface area contributed by atoms with Gasteiger partial charge in [-0.25, -0.2) is 5.01 Å². The molecule has 0 bridgehead atoms. The van der Waals surface area contributed by atoms with Crippen molar-refractivity contribution in [3.63, 3.8) is 0 Å². The normalized spacial score (nSPS) is 17.1. The summed E-state index contributed by atoms with van der Waals surface area (Å²) in [6.45, 7) is 2.07. The van der Waals surface area contributed by atoms with E-state index in [0.717, 1.165) is 21.9 Å². The van der Waals surface area contributed by atoms with Gasteiger partial charge in [-0.2, -0.15) is 0 Å². The molecule has 32 heavy (non-hydrogen) atoms. The molecule has 0 radical (unpaired) electrons. The van der Waals surface area contributed by atoms with Crippen molar-refractivity contribution in [2.45, 2.75) is 23.7 Å². The predicted molar refractivity (Wildman–Crippen MR) is 131 cm³/mol. The van der Waals surface area contributed by atoms with Crippen molar-refractivity contribution in [2.24, 2.45) is 10.1 Å². The molecule has 5 rings (SSSR count). The number of amides is 1. The minimum absolute atomic E-state index is 0.153. The van der Waals surface area contributed by atoms with E-state index < -0.39 is 6.17 Å². The maximum absolute atomic E-state index is 13.2. The summed E-state index contributed by atoms with van der Waals surface area (Å²) in [5.74, 6) is 0.572. The fourth-order valence-electron chi connectivity index (χ4n) is 3.72. The number of fused-ring (bicyclic) bond motifs is 2. The van der Waals surface area contributed by atoms with Crippen LogP contribution >= 0.6 is 23.5 Å². The lowest BCUT2D eigenvalue weighted by Crippen LogP contribution is -2.50. The van der Waals surface area contributed by atoms with Crippen molar-refractivity contribution in [1.29, 1.82) is 0 Å². The first-order chi connectivity index (χ1) is 15.6. The number of benzene rings is 3. The number of carbonyl (C=O) groups excluding carboxylic acids is 1. The Balaban J connectivity index is 1.53. The molecule has 2 aliphatic rings. The molecule has 0 saturated carbocycles. The Morgan fingerprint density at radius 3 is 2.50 bits per heavy atom. The summed E-state index contributed by atoms with van der Waals surface area (Å²) in [6.07, 6.45) is 1.66. The molecular weight excluding hydrogens is 436 g/mol. The van der Waals surface area contributed by atoms with E-state index in [1.807, 2.05) is 24.3 Å². The van der Waals surface area contributed by atoms with Crippen LogP contribution in [0.1, 0.15) is 22.9 Å². The number of rotatable bonds is 4. The van der Waals surface area contributed by atoms with E-state index >= 15 is 0 Å². The highest BCUT2D eigenvalue weighted by Crippen LogP contribution is 2.32. The summed E-state index contributed by atoms with van der Waals surface area (Å²) >= 11 is 3.22.